The molecule has 37 heavy (non-hydrogen) atoms. The van der Waals surface area contributed by atoms with Crippen LogP contribution in [-0.2, 0) is 19.7 Å². The molecule has 5 nitrogen and oxygen atoms in total. The van der Waals surface area contributed by atoms with Crippen molar-refractivity contribution in [1.29, 1.82) is 0 Å². The van der Waals surface area contributed by atoms with Gasteiger partial charge in [0.15, 0.2) is 0 Å². The summed E-state index contributed by atoms with van der Waals surface area (Å²) in [6.07, 6.45) is 3.82. The summed E-state index contributed by atoms with van der Waals surface area (Å²) in [6, 6.07) is 27.0. The number of piperidine rings is 2. The van der Waals surface area contributed by atoms with Gasteiger partial charge in [0.05, 0.1) is 30.7 Å². The van der Waals surface area contributed by atoms with Crippen LogP contribution < -0.4 is 4.90 Å². The van der Waals surface area contributed by atoms with E-state index in [1.54, 1.807) is 60.7 Å². The lowest BCUT2D eigenvalue weighted by atomic mass is 9.73. The number of anilines is 1. The zero-order valence-electron chi connectivity index (χ0n) is 20.2. The number of sulfone groups is 2. The van der Waals surface area contributed by atoms with E-state index >= 15 is 0 Å². The Hall–Kier alpha value is -2.90. The Morgan fingerprint density at radius 1 is 0.568 bits per heavy atom. The molecule has 7 heteroatoms. The molecular formula is C30H27NO4S2. The molecule has 0 N–H and O–H groups in total. The predicted molar refractivity (Wildman–Crippen MR) is 141 cm³/mol. The number of hydrogen-bond donors (Lipinski definition) is 0. The maximum Gasteiger partial charge on any atom is 0.204 e. The fourth-order valence-electron chi connectivity index (χ4n) is 9.32. The quantitative estimate of drug-likeness (QED) is 0.424. The summed E-state index contributed by atoms with van der Waals surface area (Å²) in [5, 5.41) is 0. The Morgan fingerprint density at radius 2 is 0.973 bits per heavy atom. The molecule has 188 valence electrons. The summed E-state index contributed by atoms with van der Waals surface area (Å²) in [7, 11) is -8.02. The van der Waals surface area contributed by atoms with Crippen LogP contribution in [0.1, 0.15) is 25.7 Å². The molecule has 1 aliphatic heterocycles. The fourth-order valence-corrected chi connectivity index (χ4v) is 13.6. The van der Waals surface area contributed by atoms with E-state index in [9.17, 15) is 16.8 Å². The number of para-hydroxylation sites is 1. The molecule has 0 spiro atoms. The van der Waals surface area contributed by atoms with Crippen molar-refractivity contribution >= 4 is 25.4 Å². The van der Waals surface area contributed by atoms with Crippen molar-refractivity contribution in [3.8, 4) is 0 Å². The van der Waals surface area contributed by atoms with Crippen LogP contribution in [0.3, 0.4) is 0 Å². The highest BCUT2D eigenvalue weighted by atomic mass is 32.2. The summed E-state index contributed by atoms with van der Waals surface area (Å²) < 4.78 is 57.5. The van der Waals surface area contributed by atoms with E-state index in [0.717, 1.165) is 24.9 Å². The van der Waals surface area contributed by atoms with Crippen LogP contribution in [0.25, 0.3) is 0 Å². The van der Waals surface area contributed by atoms with Crippen LogP contribution in [0, 0.1) is 23.7 Å². The molecule has 6 atom stereocenters. The van der Waals surface area contributed by atoms with Gasteiger partial charge in [0.1, 0.15) is 0 Å². The third-order valence-electron chi connectivity index (χ3n) is 10.1. The van der Waals surface area contributed by atoms with E-state index < -0.39 is 19.7 Å². The van der Waals surface area contributed by atoms with E-state index in [0.29, 0.717) is 18.3 Å². The second-order valence-electron chi connectivity index (χ2n) is 11.2. The van der Waals surface area contributed by atoms with Crippen LogP contribution >= 0.6 is 0 Å². The van der Waals surface area contributed by atoms with Crippen LogP contribution in [0.5, 0.6) is 0 Å². The minimum atomic E-state index is -4.01. The van der Waals surface area contributed by atoms with Gasteiger partial charge < -0.3 is 4.90 Å². The Bertz CT molecular complexity index is 1580. The molecule has 4 fully saturated rings. The average Bonchev–Trinajstić information content (AvgIpc) is 3.39. The summed E-state index contributed by atoms with van der Waals surface area (Å²) in [4.78, 5) is 3.15. The molecule has 5 aliphatic rings. The highest BCUT2D eigenvalue weighted by Gasteiger charge is 2.95. The van der Waals surface area contributed by atoms with E-state index in [-0.39, 0.29) is 42.5 Å². The number of nitrogens with zero attached hydrogens (tertiary/aromatic N) is 1. The van der Waals surface area contributed by atoms with Gasteiger partial charge in [-0.25, -0.2) is 16.8 Å². The van der Waals surface area contributed by atoms with Crippen molar-refractivity contribution in [2.45, 2.75) is 46.6 Å². The lowest BCUT2D eigenvalue weighted by molar-refractivity contribution is 0.330. The topological polar surface area (TPSA) is 71.3 Å². The third kappa shape index (κ3) is 2.33. The Kier molecular flexibility index (Phi) is 4.15. The van der Waals surface area contributed by atoms with Crippen molar-refractivity contribution < 1.29 is 16.8 Å². The molecule has 8 rings (SSSR count). The fraction of sp³-hybridized carbons (Fsp3) is 0.333. The van der Waals surface area contributed by atoms with Gasteiger partial charge in [0, 0.05) is 17.5 Å². The molecule has 1 heterocycles. The maximum atomic E-state index is 14.4. The van der Waals surface area contributed by atoms with Gasteiger partial charge in [-0.1, -0.05) is 54.6 Å². The minimum absolute atomic E-state index is 0.161. The van der Waals surface area contributed by atoms with Gasteiger partial charge in [0.25, 0.3) is 0 Å². The Morgan fingerprint density at radius 3 is 1.41 bits per heavy atom. The van der Waals surface area contributed by atoms with Gasteiger partial charge in [0.2, 0.25) is 19.7 Å². The summed E-state index contributed by atoms with van der Waals surface area (Å²) in [5.74, 6) is 0.114. The van der Waals surface area contributed by atoms with Gasteiger partial charge in [-0.05, 0) is 73.9 Å². The first-order valence-electron chi connectivity index (χ1n) is 13.1. The second kappa shape index (κ2) is 6.94. The Labute approximate surface area is 217 Å². The smallest absolute Gasteiger partial charge is 0.204 e. The molecule has 3 aromatic rings. The molecule has 3 aromatic carbocycles. The van der Waals surface area contributed by atoms with Gasteiger partial charge in [-0.15, -0.1) is 0 Å². The molecule has 3 saturated carbocycles. The van der Waals surface area contributed by atoms with Crippen LogP contribution in [0.2, 0.25) is 0 Å². The standard InChI is InChI=1S/C30H27NO4S2/c32-36(33,23-12-6-2-7-13-23)27-25-19-26(28(27)37(34,35)24-14-8-3-9-15-24)30-21-17-16-20(18-21)29(25,30)31(30)22-10-4-1-5-11-22/h1-15,20-21,25-26H,16-19H2/t20-,21-,25+,26+,29-,30-/m0/s1. The average molecular weight is 530 g/mol. The van der Waals surface area contributed by atoms with E-state index in [2.05, 4.69) is 17.0 Å². The van der Waals surface area contributed by atoms with Crippen LogP contribution in [-0.4, -0.2) is 27.9 Å². The van der Waals surface area contributed by atoms with Crippen molar-refractivity contribution in [2.75, 3.05) is 4.90 Å². The van der Waals surface area contributed by atoms with Crippen LogP contribution in [0.15, 0.2) is 111 Å². The number of fused-ring (bicyclic) bond motifs is 4. The zero-order chi connectivity index (χ0) is 25.2. The lowest BCUT2D eigenvalue weighted by Gasteiger charge is -2.32. The van der Waals surface area contributed by atoms with E-state index in [1.165, 1.54) is 0 Å². The van der Waals surface area contributed by atoms with Crippen molar-refractivity contribution in [3.05, 3.63) is 101 Å². The molecule has 1 saturated heterocycles. The minimum Gasteiger partial charge on any atom is -0.354 e. The Balaban J connectivity index is 1.42. The molecule has 4 aliphatic carbocycles. The molecule has 4 bridgehead atoms. The van der Waals surface area contributed by atoms with E-state index in [4.69, 9.17) is 0 Å². The number of rotatable bonds is 5. The summed E-state index contributed by atoms with van der Waals surface area (Å²) >= 11 is 0. The first kappa shape index (κ1) is 22.1. The SMILES string of the molecule is O=S(=O)(C1=C(S(=O)(=O)c2ccccc2)[C@H]2C[C@H]1[C@@]13[C@H]4CC[C@@H](C4)[C@]21N3c1ccccc1)c1ccccc1. The summed E-state index contributed by atoms with van der Waals surface area (Å²) in [5.41, 5.74) is 0.465. The molecule has 0 unspecified atom stereocenters. The number of hydrogen-bond acceptors (Lipinski definition) is 5. The highest BCUT2D eigenvalue weighted by molar-refractivity contribution is 7.99. The van der Waals surface area contributed by atoms with Gasteiger partial charge >= 0.3 is 0 Å². The lowest BCUT2D eigenvalue weighted by Crippen LogP contribution is -2.41. The molecule has 0 amide bonds. The van der Waals surface area contributed by atoms with Gasteiger partial charge in [-0.3, -0.25) is 0 Å². The first-order chi connectivity index (χ1) is 17.9. The van der Waals surface area contributed by atoms with Crippen molar-refractivity contribution in [1.82, 2.24) is 0 Å². The maximum absolute atomic E-state index is 14.4. The highest BCUT2D eigenvalue weighted by Crippen LogP contribution is 2.87. The molecule has 0 aromatic heterocycles. The third-order valence-corrected chi connectivity index (χ3v) is 14.2. The van der Waals surface area contributed by atoms with Crippen molar-refractivity contribution in [3.63, 3.8) is 0 Å². The largest absolute Gasteiger partial charge is 0.354 e. The zero-order valence-corrected chi connectivity index (χ0v) is 21.8. The predicted octanol–water partition coefficient (Wildman–Crippen LogP) is 5.22. The van der Waals surface area contributed by atoms with Crippen LogP contribution in [0.4, 0.5) is 5.69 Å². The van der Waals surface area contributed by atoms with E-state index in [1.807, 2.05) is 18.2 Å². The normalized spacial score (nSPS) is 35.1. The monoisotopic (exact) mass is 529 g/mol. The van der Waals surface area contributed by atoms with Gasteiger partial charge in [-0.2, -0.15) is 0 Å². The molecular weight excluding hydrogens is 502 g/mol. The number of benzene rings is 3. The molecule has 0 radical (unpaired) electrons. The second-order valence-corrected chi connectivity index (χ2v) is 15.1. The first-order valence-corrected chi connectivity index (χ1v) is 16.0. The van der Waals surface area contributed by atoms with Crippen molar-refractivity contribution in [2.24, 2.45) is 23.7 Å². The summed E-state index contributed by atoms with van der Waals surface area (Å²) in [6.45, 7) is 0.